The number of para-hydroxylation sites is 1. The minimum atomic E-state index is -0.746. The predicted molar refractivity (Wildman–Crippen MR) is 90.2 cm³/mol. The van der Waals surface area contributed by atoms with Gasteiger partial charge in [-0.15, -0.1) is 0 Å². The van der Waals surface area contributed by atoms with E-state index in [2.05, 4.69) is 4.74 Å². The summed E-state index contributed by atoms with van der Waals surface area (Å²) in [7, 11) is 1.19. The van der Waals surface area contributed by atoms with Gasteiger partial charge in [-0.1, -0.05) is 24.3 Å². The van der Waals surface area contributed by atoms with Gasteiger partial charge in [0.25, 0.3) is 0 Å². The van der Waals surface area contributed by atoms with Gasteiger partial charge in [-0.05, 0) is 29.8 Å². The first-order valence-electron chi connectivity index (χ1n) is 7.66. The first kappa shape index (κ1) is 16.7. The molecule has 1 N–H and O–H groups in total. The molecule has 0 aromatic heterocycles. The highest BCUT2D eigenvalue weighted by molar-refractivity contribution is 6.09. The van der Waals surface area contributed by atoms with E-state index < -0.39 is 5.97 Å². The zero-order valence-corrected chi connectivity index (χ0v) is 13.5. The third kappa shape index (κ3) is 3.24. The van der Waals surface area contributed by atoms with Crippen molar-refractivity contribution in [3.05, 3.63) is 71.0 Å². The standard InChI is InChI=1S/C19H16FNO4/c1-25-19(24)15-10-17(22)21(11-12-6-8-13(20)9-7-12)16-5-3-2-4-14(16)18(15)23/h2-9,23H,10-11H2,1H3. The van der Waals surface area contributed by atoms with Gasteiger partial charge in [0.2, 0.25) is 5.91 Å². The number of hydrogen-bond acceptors (Lipinski definition) is 4. The van der Waals surface area contributed by atoms with E-state index in [0.29, 0.717) is 11.3 Å². The third-order valence-electron chi connectivity index (χ3n) is 4.05. The smallest absolute Gasteiger partial charge is 0.338 e. The number of hydrogen-bond donors (Lipinski definition) is 1. The number of carbonyl (C=O) groups is 2. The lowest BCUT2D eigenvalue weighted by atomic mass is 10.1. The van der Waals surface area contributed by atoms with Crippen molar-refractivity contribution in [3.63, 3.8) is 0 Å². The molecule has 25 heavy (non-hydrogen) atoms. The van der Waals surface area contributed by atoms with Gasteiger partial charge in [-0.3, -0.25) is 4.79 Å². The Morgan fingerprint density at radius 2 is 1.88 bits per heavy atom. The number of esters is 1. The molecule has 0 aliphatic carbocycles. The third-order valence-corrected chi connectivity index (χ3v) is 4.05. The number of aliphatic hydroxyl groups is 1. The van der Waals surface area contributed by atoms with Crippen LogP contribution in [-0.2, 0) is 20.9 Å². The molecule has 0 fully saturated rings. The molecule has 1 heterocycles. The average molecular weight is 341 g/mol. The van der Waals surface area contributed by atoms with Crippen LogP contribution in [0.1, 0.15) is 17.5 Å². The van der Waals surface area contributed by atoms with Crippen LogP contribution < -0.4 is 4.90 Å². The summed E-state index contributed by atoms with van der Waals surface area (Å²) in [4.78, 5) is 26.1. The monoisotopic (exact) mass is 341 g/mol. The number of rotatable bonds is 3. The number of amides is 1. The quantitative estimate of drug-likeness (QED) is 0.871. The van der Waals surface area contributed by atoms with Crippen LogP contribution in [0.3, 0.4) is 0 Å². The first-order chi connectivity index (χ1) is 12.0. The molecule has 5 nitrogen and oxygen atoms in total. The summed E-state index contributed by atoms with van der Waals surface area (Å²) in [5, 5.41) is 10.5. The highest BCUT2D eigenvalue weighted by Crippen LogP contribution is 2.34. The summed E-state index contributed by atoms with van der Waals surface area (Å²) in [6.45, 7) is 0.192. The summed E-state index contributed by atoms with van der Waals surface area (Å²) in [5.74, 6) is -1.73. The van der Waals surface area contributed by atoms with Crippen LogP contribution >= 0.6 is 0 Å². The Hall–Kier alpha value is -3.15. The van der Waals surface area contributed by atoms with Crippen molar-refractivity contribution in [2.45, 2.75) is 13.0 Å². The fourth-order valence-corrected chi connectivity index (χ4v) is 2.77. The number of fused-ring (bicyclic) bond motifs is 1. The number of benzene rings is 2. The van der Waals surface area contributed by atoms with Crippen LogP contribution in [0.5, 0.6) is 0 Å². The molecule has 0 atom stereocenters. The first-order valence-corrected chi connectivity index (χ1v) is 7.66. The van der Waals surface area contributed by atoms with Crippen molar-refractivity contribution < 1.29 is 23.8 Å². The molecule has 0 bridgehead atoms. The highest BCUT2D eigenvalue weighted by Gasteiger charge is 2.31. The zero-order valence-electron chi connectivity index (χ0n) is 13.5. The maximum atomic E-state index is 13.1. The molecule has 0 unspecified atom stereocenters. The molecule has 6 heteroatoms. The summed E-state index contributed by atoms with van der Waals surface area (Å²) in [5.41, 5.74) is 1.50. The van der Waals surface area contributed by atoms with Gasteiger partial charge in [-0.2, -0.15) is 0 Å². The Morgan fingerprint density at radius 3 is 2.56 bits per heavy atom. The van der Waals surface area contributed by atoms with E-state index in [4.69, 9.17) is 0 Å². The fraction of sp³-hybridized carbons (Fsp3) is 0.158. The SMILES string of the molecule is COC(=O)C1=C(O)c2ccccc2N(Cc2ccc(F)cc2)C(=O)C1. The van der Waals surface area contributed by atoms with Crippen molar-refractivity contribution in [3.8, 4) is 0 Å². The number of halogens is 1. The van der Waals surface area contributed by atoms with Crippen LogP contribution in [0, 0.1) is 5.82 Å². The zero-order chi connectivity index (χ0) is 18.0. The second-order valence-corrected chi connectivity index (χ2v) is 5.62. The number of ether oxygens (including phenoxy) is 1. The Labute approximate surface area is 144 Å². The van der Waals surface area contributed by atoms with Crippen molar-refractivity contribution in [2.24, 2.45) is 0 Å². The van der Waals surface area contributed by atoms with Gasteiger partial charge in [0.1, 0.15) is 11.6 Å². The lowest BCUT2D eigenvalue weighted by Gasteiger charge is -2.23. The minimum absolute atomic E-state index is 0.0819. The Morgan fingerprint density at radius 1 is 1.20 bits per heavy atom. The summed E-state index contributed by atoms with van der Waals surface area (Å²) >= 11 is 0. The average Bonchev–Trinajstić information content (AvgIpc) is 2.73. The maximum Gasteiger partial charge on any atom is 0.338 e. The number of methoxy groups -OCH3 is 1. The molecule has 1 amide bonds. The largest absolute Gasteiger partial charge is 0.507 e. The topological polar surface area (TPSA) is 66.8 Å². The van der Waals surface area contributed by atoms with Crippen LogP contribution in [0.4, 0.5) is 10.1 Å². The highest BCUT2D eigenvalue weighted by atomic mass is 19.1. The molecule has 3 rings (SSSR count). The van der Waals surface area contributed by atoms with Crippen molar-refractivity contribution in [1.82, 2.24) is 0 Å². The van der Waals surface area contributed by atoms with Crippen LogP contribution in [-0.4, -0.2) is 24.1 Å². The molecule has 128 valence electrons. The fourth-order valence-electron chi connectivity index (χ4n) is 2.77. The van der Waals surface area contributed by atoms with Crippen molar-refractivity contribution >= 4 is 23.3 Å². The molecular formula is C19H16FNO4. The molecule has 1 aliphatic rings. The van der Waals surface area contributed by atoms with Gasteiger partial charge in [0.05, 0.1) is 31.3 Å². The van der Waals surface area contributed by atoms with E-state index in [9.17, 15) is 19.1 Å². The van der Waals surface area contributed by atoms with Crippen molar-refractivity contribution in [2.75, 3.05) is 12.0 Å². The number of anilines is 1. The predicted octanol–water partition coefficient (Wildman–Crippen LogP) is 3.20. The van der Waals surface area contributed by atoms with Crippen LogP contribution in [0.2, 0.25) is 0 Å². The summed E-state index contributed by atoms with van der Waals surface area (Å²) in [6, 6.07) is 12.6. The van der Waals surface area contributed by atoms with Crippen LogP contribution in [0.25, 0.3) is 5.76 Å². The molecule has 2 aromatic carbocycles. The minimum Gasteiger partial charge on any atom is -0.507 e. The number of nitrogens with zero attached hydrogens (tertiary/aromatic N) is 1. The Bertz CT molecular complexity index is 858. The van der Waals surface area contributed by atoms with E-state index in [0.717, 1.165) is 5.56 Å². The van der Waals surface area contributed by atoms with E-state index in [1.807, 2.05) is 0 Å². The Balaban J connectivity index is 2.05. The van der Waals surface area contributed by atoms with E-state index in [1.165, 1.54) is 24.1 Å². The molecule has 0 saturated heterocycles. The molecular weight excluding hydrogens is 325 g/mol. The van der Waals surface area contributed by atoms with Crippen LogP contribution in [0.15, 0.2) is 54.1 Å². The molecule has 1 aliphatic heterocycles. The van der Waals surface area contributed by atoms with E-state index in [1.54, 1.807) is 36.4 Å². The van der Waals surface area contributed by atoms with Crippen molar-refractivity contribution in [1.29, 1.82) is 0 Å². The van der Waals surface area contributed by atoms with E-state index >= 15 is 0 Å². The lowest BCUT2D eigenvalue weighted by Crippen LogP contribution is -2.30. The second kappa shape index (κ2) is 6.76. The van der Waals surface area contributed by atoms with Gasteiger partial charge < -0.3 is 14.7 Å². The molecule has 0 saturated carbocycles. The second-order valence-electron chi connectivity index (χ2n) is 5.62. The normalized spacial score (nSPS) is 14.2. The Kier molecular flexibility index (Phi) is 4.52. The number of aliphatic hydroxyl groups excluding tert-OH is 1. The van der Waals surface area contributed by atoms with Gasteiger partial charge in [0, 0.05) is 5.56 Å². The van der Waals surface area contributed by atoms with Gasteiger partial charge >= 0.3 is 5.97 Å². The maximum absolute atomic E-state index is 13.1. The molecule has 0 spiro atoms. The summed E-state index contributed by atoms with van der Waals surface area (Å²) in [6.07, 6.45) is -0.283. The molecule has 2 aromatic rings. The van der Waals surface area contributed by atoms with Gasteiger partial charge in [-0.25, -0.2) is 9.18 Å². The number of carbonyl (C=O) groups excluding carboxylic acids is 2. The summed E-state index contributed by atoms with van der Waals surface area (Å²) < 4.78 is 17.8. The lowest BCUT2D eigenvalue weighted by molar-refractivity contribution is -0.137. The van der Waals surface area contributed by atoms with Gasteiger partial charge in [0.15, 0.2) is 0 Å². The molecule has 0 radical (unpaired) electrons. The van der Waals surface area contributed by atoms with E-state index in [-0.39, 0.29) is 36.0 Å².